The molecule has 1 aromatic carbocycles. The van der Waals surface area contributed by atoms with Crippen LogP contribution in [-0.2, 0) is 9.47 Å². The Morgan fingerprint density at radius 3 is 2.75 bits per heavy atom. The van der Waals surface area contributed by atoms with E-state index >= 15 is 0 Å². The minimum atomic E-state index is -0.387. The zero-order valence-electron chi connectivity index (χ0n) is 11.5. The minimum absolute atomic E-state index is 0.210. The Bertz CT molecular complexity index is 454. The van der Waals surface area contributed by atoms with Gasteiger partial charge in [0.2, 0.25) is 0 Å². The maximum Gasteiger partial charge on any atom is 0.128 e. The van der Waals surface area contributed by atoms with Gasteiger partial charge in [-0.05, 0) is 18.6 Å². The molecule has 0 atom stereocenters. The van der Waals surface area contributed by atoms with Gasteiger partial charge in [0, 0.05) is 32.0 Å². The Hall–Kier alpha value is -1.28. The third kappa shape index (κ3) is 7.34. The molecule has 0 aliphatic heterocycles. The minimum Gasteiger partial charge on any atom is -0.491 e. The van der Waals surface area contributed by atoms with E-state index in [1.54, 1.807) is 13.2 Å². The van der Waals surface area contributed by atoms with Crippen LogP contribution < -0.4 is 4.74 Å². The molecule has 0 fully saturated rings. The number of hydrogen-bond donors (Lipinski definition) is 0. The average Bonchev–Trinajstić information content (AvgIpc) is 2.43. The third-order valence-corrected chi connectivity index (χ3v) is 2.44. The normalized spacial score (nSPS) is 9.95. The summed E-state index contributed by atoms with van der Waals surface area (Å²) in [5, 5.41) is 0. The Morgan fingerprint density at radius 1 is 1.15 bits per heavy atom. The zero-order valence-corrected chi connectivity index (χ0v) is 12.2. The molecule has 0 aliphatic carbocycles. The van der Waals surface area contributed by atoms with E-state index in [1.165, 1.54) is 12.1 Å². The van der Waals surface area contributed by atoms with E-state index in [1.807, 2.05) is 0 Å². The third-order valence-electron chi connectivity index (χ3n) is 2.30. The van der Waals surface area contributed by atoms with E-state index in [9.17, 15) is 4.39 Å². The fourth-order valence-electron chi connectivity index (χ4n) is 1.48. The van der Waals surface area contributed by atoms with E-state index in [0.717, 1.165) is 6.42 Å². The highest BCUT2D eigenvalue weighted by molar-refractivity contribution is 6.19. The van der Waals surface area contributed by atoms with Crippen LogP contribution in [0.1, 0.15) is 12.0 Å². The van der Waals surface area contributed by atoms with Crippen LogP contribution in [0.3, 0.4) is 0 Å². The largest absolute Gasteiger partial charge is 0.491 e. The Labute approximate surface area is 124 Å². The molecule has 0 bridgehead atoms. The van der Waals surface area contributed by atoms with E-state index in [0.29, 0.717) is 37.7 Å². The number of halogens is 2. The molecule has 0 saturated carbocycles. The molecule has 5 heteroatoms. The summed E-state index contributed by atoms with van der Waals surface area (Å²) < 4.78 is 29.0. The van der Waals surface area contributed by atoms with Crippen molar-refractivity contribution in [3.05, 3.63) is 29.6 Å². The maximum absolute atomic E-state index is 13.3. The summed E-state index contributed by atoms with van der Waals surface area (Å²) in [6.45, 7) is 2.10. The highest BCUT2D eigenvalue weighted by Gasteiger charge is 2.00. The molecule has 3 nitrogen and oxygen atoms in total. The molecular formula is C15H18ClFO3. The lowest BCUT2D eigenvalue weighted by atomic mass is 10.2. The molecule has 0 radical (unpaired) electrons. The molecule has 20 heavy (non-hydrogen) atoms. The number of alkyl halides is 1. The lowest BCUT2D eigenvalue weighted by molar-refractivity contribution is 0.0805. The van der Waals surface area contributed by atoms with E-state index < -0.39 is 0 Å². The summed E-state index contributed by atoms with van der Waals surface area (Å²) in [5.41, 5.74) is 0.543. The van der Waals surface area contributed by atoms with Crippen molar-refractivity contribution in [2.24, 2.45) is 0 Å². The van der Waals surface area contributed by atoms with Crippen LogP contribution in [0.25, 0.3) is 0 Å². The number of rotatable bonds is 8. The van der Waals surface area contributed by atoms with Crippen LogP contribution in [0.15, 0.2) is 18.2 Å². The van der Waals surface area contributed by atoms with Crippen LogP contribution in [0.4, 0.5) is 4.39 Å². The van der Waals surface area contributed by atoms with Crippen molar-refractivity contribution in [3.8, 4) is 17.6 Å². The second-order valence-corrected chi connectivity index (χ2v) is 4.19. The molecule has 0 saturated heterocycles. The molecular weight excluding hydrogens is 283 g/mol. The Kier molecular flexibility index (Phi) is 8.81. The highest BCUT2D eigenvalue weighted by atomic mass is 35.5. The summed E-state index contributed by atoms with van der Waals surface area (Å²) in [7, 11) is 1.65. The summed E-state index contributed by atoms with van der Waals surface area (Å²) in [5.74, 6) is 5.68. The van der Waals surface area contributed by atoms with Crippen LogP contribution in [-0.4, -0.2) is 39.4 Å². The second-order valence-electron chi connectivity index (χ2n) is 3.92. The first-order valence-electron chi connectivity index (χ1n) is 6.31. The highest BCUT2D eigenvalue weighted by Crippen LogP contribution is 2.15. The van der Waals surface area contributed by atoms with Crippen molar-refractivity contribution in [2.45, 2.75) is 6.42 Å². The molecule has 110 valence electrons. The lowest BCUT2D eigenvalue weighted by Gasteiger charge is -2.07. The van der Waals surface area contributed by atoms with Crippen molar-refractivity contribution in [3.63, 3.8) is 0 Å². The van der Waals surface area contributed by atoms with Crippen molar-refractivity contribution < 1.29 is 18.6 Å². The van der Waals surface area contributed by atoms with Gasteiger partial charge in [0.05, 0.1) is 12.5 Å². The fourth-order valence-corrected chi connectivity index (χ4v) is 1.55. The monoisotopic (exact) mass is 300 g/mol. The Balaban J connectivity index is 2.34. The van der Waals surface area contributed by atoms with Gasteiger partial charge in [-0.1, -0.05) is 11.8 Å². The molecule has 0 unspecified atom stereocenters. The summed E-state index contributed by atoms with van der Waals surface area (Å²) in [6, 6.07) is 4.33. The van der Waals surface area contributed by atoms with Gasteiger partial charge in [-0.2, -0.15) is 0 Å². The van der Waals surface area contributed by atoms with Crippen molar-refractivity contribution >= 4 is 11.6 Å². The topological polar surface area (TPSA) is 27.7 Å². The van der Waals surface area contributed by atoms with Gasteiger partial charge < -0.3 is 14.2 Å². The van der Waals surface area contributed by atoms with Gasteiger partial charge in [0.15, 0.2) is 0 Å². The van der Waals surface area contributed by atoms with Crippen molar-refractivity contribution in [2.75, 3.05) is 39.4 Å². The Morgan fingerprint density at radius 2 is 2.00 bits per heavy atom. The summed E-state index contributed by atoms with van der Waals surface area (Å²) in [4.78, 5) is 0. The molecule has 1 aromatic rings. The molecule has 0 N–H and O–H groups in total. The van der Waals surface area contributed by atoms with Gasteiger partial charge in [0.25, 0.3) is 0 Å². The zero-order chi connectivity index (χ0) is 14.6. The van der Waals surface area contributed by atoms with Crippen LogP contribution in [0, 0.1) is 17.7 Å². The maximum atomic E-state index is 13.3. The first-order chi connectivity index (χ1) is 9.76. The number of hydrogen-bond acceptors (Lipinski definition) is 3. The fraction of sp³-hybridized carbons (Fsp3) is 0.467. The molecule has 1 rings (SSSR count). The molecule has 0 aliphatic rings. The molecule has 0 amide bonds. The van der Waals surface area contributed by atoms with Gasteiger partial charge in [-0.25, -0.2) is 4.39 Å². The first-order valence-corrected chi connectivity index (χ1v) is 6.84. The second kappa shape index (κ2) is 10.5. The van der Waals surface area contributed by atoms with Crippen molar-refractivity contribution in [1.82, 2.24) is 0 Å². The smallest absolute Gasteiger partial charge is 0.128 e. The average molecular weight is 301 g/mol. The molecule has 0 aromatic heterocycles. The van der Waals surface area contributed by atoms with E-state index in [2.05, 4.69) is 11.8 Å². The predicted octanol–water partition coefficient (Wildman–Crippen LogP) is 2.85. The lowest BCUT2D eigenvalue weighted by Crippen LogP contribution is -2.08. The summed E-state index contributed by atoms with van der Waals surface area (Å²) in [6.07, 6.45) is 0.842. The quantitative estimate of drug-likeness (QED) is 0.420. The first kappa shape index (κ1) is 16.8. The SMILES string of the molecule is COCCCOCCOc1cc(F)cc(C#CCCl)c1. The van der Waals surface area contributed by atoms with Gasteiger partial charge >= 0.3 is 0 Å². The van der Waals surface area contributed by atoms with E-state index in [-0.39, 0.29) is 11.7 Å². The van der Waals surface area contributed by atoms with Crippen molar-refractivity contribution in [1.29, 1.82) is 0 Å². The number of ether oxygens (including phenoxy) is 3. The predicted molar refractivity (Wildman–Crippen MR) is 76.8 cm³/mol. The molecule has 0 heterocycles. The van der Waals surface area contributed by atoms with Crippen LogP contribution >= 0.6 is 11.6 Å². The van der Waals surface area contributed by atoms with Crippen LogP contribution in [0.2, 0.25) is 0 Å². The molecule has 0 spiro atoms. The van der Waals surface area contributed by atoms with Gasteiger partial charge in [-0.3, -0.25) is 0 Å². The van der Waals surface area contributed by atoms with Gasteiger partial charge in [0.1, 0.15) is 18.2 Å². The number of benzene rings is 1. The standard InChI is InChI=1S/C15H18ClFO3/c1-18-6-3-7-19-8-9-20-15-11-13(4-2-5-16)10-14(17)12-15/h10-12H,3,5-9H2,1H3. The number of methoxy groups -OCH3 is 1. The summed E-state index contributed by atoms with van der Waals surface area (Å²) >= 11 is 5.46. The van der Waals surface area contributed by atoms with Gasteiger partial charge in [-0.15, -0.1) is 11.6 Å². The van der Waals surface area contributed by atoms with E-state index in [4.69, 9.17) is 25.8 Å². The van der Waals surface area contributed by atoms with Crippen LogP contribution in [0.5, 0.6) is 5.75 Å².